The van der Waals surface area contributed by atoms with E-state index in [2.05, 4.69) is 9.71 Å². The zero-order valence-electron chi connectivity index (χ0n) is 12.1. The first kappa shape index (κ1) is 14.4. The van der Waals surface area contributed by atoms with Gasteiger partial charge in [-0.1, -0.05) is 12.1 Å². The van der Waals surface area contributed by atoms with Gasteiger partial charge in [-0.05, 0) is 36.4 Å². The van der Waals surface area contributed by atoms with Gasteiger partial charge in [-0.25, -0.2) is 18.1 Å². The third kappa shape index (κ3) is 2.50. The smallest absolute Gasteiger partial charge is 0.264 e. The molecule has 22 heavy (non-hydrogen) atoms. The molecule has 0 aliphatic rings. The number of anilines is 1. The van der Waals surface area contributed by atoms with E-state index in [1.165, 1.54) is 19.2 Å². The van der Waals surface area contributed by atoms with Gasteiger partial charge in [-0.2, -0.15) is 0 Å². The van der Waals surface area contributed by atoms with Gasteiger partial charge in [-0.3, -0.25) is 0 Å². The number of hydrogen-bond acceptors (Lipinski definition) is 4. The van der Waals surface area contributed by atoms with Gasteiger partial charge in [0.1, 0.15) is 5.75 Å². The molecule has 3 rings (SSSR count). The van der Waals surface area contributed by atoms with E-state index < -0.39 is 10.0 Å². The fraction of sp³-hybridized carbons (Fsp3) is 0.133. The van der Waals surface area contributed by atoms with Crippen LogP contribution in [0, 0.1) is 0 Å². The minimum Gasteiger partial charge on any atom is -0.497 e. The van der Waals surface area contributed by atoms with Gasteiger partial charge in [0.2, 0.25) is 5.95 Å². The Bertz CT molecular complexity index is 915. The molecule has 0 amide bonds. The van der Waals surface area contributed by atoms with Gasteiger partial charge >= 0.3 is 0 Å². The van der Waals surface area contributed by atoms with Gasteiger partial charge in [-0.15, -0.1) is 0 Å². The van der Waals surface area contributed by atoms with Crippen LogP contribution in [0.3, 0.4) is 0 Å². The number of sulfonamides is 1. The first-order chi connectivity index (χ1) is 10.5. The lowest BCUT2D eigenvalue weighted by Gasteiger charge is -2.08. The van der Waals surface area contributed by atoms with Gasteiger partial charge in [0.05, 0.1) is 23.0 Å². The summed E-state index contributed by atoms with van der Waals surface area (Å²) in [6.45, 7) is 0. The Balaban J connectivity index is 1.97. The normalized spacial score (nSPS) is 11.5. The van der Waals surface area contributed by atoms with E-state index >= 15 is 0 Å². The number of benzene rings is 2. The Hall–Kier alpha value is -2.54. The SMILES string of the molecule is COc1ccc(S(=O)(=O)Nc2nc3ccccc3n2C)cc1. The molecule has 2 aromatic carbocycles. The highest BCUT2D eigenvalue weighted by molar-refractivity contribution is 7.92. The van der Waals surface area contributed by atoms with Crippen LogP contribution in [0.25, 0.3) is 11.0 Å². The summed E-state index contributed by atoms with van der Waals surface area (Å²) in [5.41, 5.74) is 1.59. The minimum atomic E-state index is -3.70. The van der Waals surface area contributed by atoms with Gasteiger partial charge < -0.3 is 9.30 Å². The number of imidazole rings is 1. The van der Waals surface area contributed by atoms with Crippen molar-refractivity contribution in [2.24, 2.45) is 7.05 Å². The first-order valence-electron chi connectivity index (χ1n) is 6.59. The zero-order chi connectivity index (χ0) is 15.7. The summed E-state index contributed by atoms with van der Waals surface area (Å²) in [5, 5.41) is 0. The summed E-state index contributed by atoms with van der Waals surface area (Å²) in [5.74, 6) is 0.874. The van der Waals surface area contributed by atoms with E-state index in [1.807, 2.05) is 24.3 Å². The largest absolute Gasteiger partial charge is 0.497 e. The third-order valence-electron chi connectivity index (χ3n) is 3.38. The minimum absolute atomic E-state index is 0.153. The highest BCUT2D eigenvalue weighted by Crippen LogP contribution is 2.21. The topological polar surface area (TPSA) is 73.2 Å². The van der Waals surface area contributed by atoms with Crippen molar-refractivity contribution in [3.05, 3.63) is 48.5 Å². The molecule has 0 atom stereocenters. The van der Waals surface area contributed by atoms with Crippen molar-refractivity contribution in [1.29, 1.82) is 0 Å². The van der Waals surface area contributed by atoms with Crippen molar-refractivity contribution >= 4 is 27.0 Å². The maximum atomic E-state index is 12.4. The predicted octanol–water partition coefficient (Wildman–Crippen LogP) is 2.38. The summed E-state index contributed by atoms with van der Waals surface area (Å²) in [7, 11) is -0.403. The van der Waals surface area contributed by atoms with Crippen LogP contribution in [-0.2, 0) is 17.1 Å². The molecule has 0 bridgehead atoms. The predicted molar refractivity (Wildman–Crippen MR) is 84.5 cm³/mol. The molecule has 0 fully saturated rings. The maximum Gasteiger partial charge on any atom is 0.264 e. The third-order valence-corrected chi connectivity index (χ3v) is 4.73. The van der Waals surface area contributed by atoms with Crippen molar-refractivity contribution in [2.45, 2.75) is 4.90 Å². The molecule has 0 aliphatic carbocycles. The van der Waals surface area contributed by atoms with E-state index in [1.54, 1.807) is 23.7 Å². The lowest BCUT2D eigenvalue weighted by molar-refractivity contribution is 0.414. The monoisotopic (exact) mass is 317 g/mol. The van der Waals surface area contributed by atoms with Gasteiger partial charge in [0, 0.05) is 7.05 Å². The van der Waals surface area contributed by atoms with Crippen molar-refractivity contribution < 1.29 is 13.2 Å². The number of nitrogens with one attached hydrogen (secondary N) is 1. The lowest BCUT2D eigenvalue weighted by Crippen LogP contribution is -2.15. The van der Waals surface area contributed by atoms with E-state index in [0.717, 1.165) is 11.0 Å². The summed E-state index contributed by atoms with van der Waals surface area (Å²) >= 11 is 0. The number of aromatic nitrogens is 2. The Kier molecular flexibility index (Phi) is 3.50. The molecular formula is C15H15N3O3S. The number of aryl methyl sites for hydroxylation is 1. The molecule has 0 unspecified atom stereocenters. The van der Waals surface area contributed by atoms with Crippen LogP contribution in [0.2, 0.25) is 0 Å². The number of hydrogen-bond donors (Lipinski definition) is 1. The Morgan fingerprint density at radius 1 is 1.09 bits per heavy atom. The molecule has 3 aromatic rings. The molecule has 0 spiro atoms. The second kappa shape index (κ2) is 5.34. The molecule has 6 nitrogen and oxygen atoms in total. The molecule has 1 N–H and O–H groups in total. The van der Waals surface area contributed by atoms with Crippen LogP contribution in [0.1, 0.15) is 0 Å². The van der Waals surface area contributed by atoms with Crippen molar-refractivity contribution in [1.82, 2.24) is 9.55 Å². The summed E-state index contributed by atoms with van der Waals surface area (Å²) in [6.07, 6.45) is 0. The zero-order valence-corrected chi connectivity index (χ0v) is 13.0. The number of rotatable bonds is 4. The second-order valence-corrected chi connectivity index (χ2v) is 6.45. The summed E-state index contributed by atoms with van der Waals surface area (Å²) in [4.78, 5) is 4.46. The lowest BCUT2D eigenvalue weighted by atomic mass is 10.3. The number of para-hydroxylation sites is 2. The molecule has 1 heterocycles. The fourth-order valence-corrected chi connectivity index (χ4v) is 3.21. The van der Waals surface area contributed by atoms with Crippen LogP contribution in [-0.4, -0.2) is 25.1 Å². The Morgan fingerprint density at radius 2 is 1.77 bits per heavy atom. The highest BCUT2D eigenvalue weighted by atomic mass is 32.2. The Labute approximate surface area is 128 Å². The molecule has 114 valence electrons. The highest BCUT2D eigenvalue weighted by Gasteiger charge is 2.18. The van der Waals surface area contributed by atoms with Crippen LogP contribution in [0.4, 0.5) is 5.95 Å². The second-order valence-electron chi connectivity index (χ2n) is 4.76. The van der Waals surface area contributed by atoms with E-state index in [4.69, 9.17) is 4.74 Å². The first-order valence-corrected chi connectivity index (χ1v) is 8.08. The number of methoxy groups -OCH3 is 1. The van der Waals surface area contributed by atoms with Crippen molar-refractivity contribution in [3.8, 4) is 5.75 Å². The van der Waals surface area contributed by atoms with Crippen LogP contribution in [0.5, 0.6) is 5.75 Å². The molecular weight excluding hydrogens is 302 g/mol. The maximum absolute atomic E-state index is 12.4. The molecule has 0 saturated heterocycles. The fourth-order valence-electron chi connectivity index (χ4n) is 2.17. The van der Waals surface area contributed by atoms with Crippen LogP contribution >= 0.6 is 0 Å². The van der Waals surface area contributed by atoms with Gasteiger partial charge in [0.25, 0.3) is 10.0 Å². The van der Waals surface area contributed by atoms with Crippen molar-refractivity contribution in [3.63, 3.8) is 0 Å². The Morgan fingerprint density at radius 3 is 2.41 bits per heavy atom. The summed E-state index contributed by atoms with van der Waals surface area (Å²) < 4.78 is 34.1. The molecule has 7 heteroatoms. The number of ether oxygens (including phenoxy) is 1. The van der Waals surface area contributed by atoms with E-state index in [9.17, 15) is 8.42 Å². The number of fused-ring (bicyclic) bond motifs is 1. The average Bonchev–Trinajstić information content (AvgIpc) is 2.83. The summed E-state index contributed by atoms with van der Waals surface area (Å²) in [6, 6.07) is 13.6. The van der Waals surface area contributed by atoms with Crippen molar-refractivity contribution in [2.75, 3.05) is 11.8 Å². The quantitative estimate of drug-likeness (QED) is 0.802. The molecule has 0 radical (unpaired) electrons. The van der Waals surface area contributed by atoms with E-state index in [-0.39, 0.29) is 10.8 Å². The van der Waals surface area contributed by atoms with Crippen LogP contribution < -0.4 is 9.46 Å². The van der Waals surface area contributed by atoms with Gasteiger partial charge in [0.15, 0.2) is 0 Å². The molecule has 1 aromatic heterocycles. The average molecular weight is 317 g/mol. The van der Waals surface area contributed by atoms with E-state index in [0.29, 0.717) is 5.75 Å². The molecule has 0 saturated carbocycles. The van der Waals surface area contributed by atoms with Crippen LogP contribution in [0.15, 0.2) is 53.4 Å². The molecule has 0 aliphatic heterocycles. The number of nitrogens with zero attached hydrogens (tertiary/aromatic N) is 2. The standard InChI is InChI=1S/C15H15N3O3S/c1-18-14-6-4-3-5-13(14)16-15(18)17-22(19,20)12-9-7-11(21-2)8-10-12/h3-10H,1-2H3,(H,16,17).